The van der Waals surface area contributed by atoms with Gasteiger partial charge in [-0.05, 0) is 38.6 Å². The number of rotatable bonds is 2. The van der Waals surface area contributed by atoms with Crippen LogP contribution in [0, 0.1) is 5.92 Å². The van der Waals surface area contributed by atoms with E-state index in [4.69, 9.17) is 0 Å². The minimum absolute atomic E-state index is 0.529. The largest absolute Gasteiger partial charge is 0.312 e. The zero-order valence-electron chi connectivity index (χ0n) is 6.82. The van der Waals surface area contributed by atoms with Crippen LogP contribution in [-0.2, 0) is 0 Å². The van der Waals surface area contributed by atoms with E-state index < -0.39 is 0 Å². The van der Waals surface area contributed by atoms with Crippen LogP contribution in [0.3, 0.4) is 0 Å². The van der Waals surface area contributed by atoms with Gasteiger partial charge in [-0.15, -0.1) is 0 Å². The van der Waals surface area contributed by atoms with Crippen molar-refractivity contribution in [3.8, 4) is 0 Å². The van der Waals surface area contributed by atoms with E-state index in [1.54, 1.807) is 0 Å². The van der Waals surface area contributed by atoms with Gasteiger partial charge in [-0.3, -0.25) is 0 Å². The van der Waals surface area contributed by atoms with Crippen molar-refractivity contribution in [1.29, 1.82) is 0 Å². The van der Waals surface area contributed by atoms with Gasteiger partial charge in [0.1, 0.15) is 0 Å². The first-order chi connectivity index (χ1) is 4.79. The molecule has 0 aromatic rings. The van der Waals surface area contributed by atoms with E-state index in [9.17, 15) is 0 Å². The molecule has 1 heterocycles. The first-order valence-electron chi connectivity index (χ1n) is 4.54. The predicted octanol–water partition coefficient (Wildman–Crippen LogP) is 1.93. The molecule has 0 aromatic carbocycles. The molecule has 1 saturated heterocycles. The molecule has 2 aliphatic rings. The Bertz CT molecular complexity index is 121. The van der Waals surface area contributed by atoms with Crippen molar-refractivity contribution in [3.05, 3.63) is 0 Å². The summed E-state index contributed by atoms with van der Waals surface area (Å²) in [6, 6.07) is 0. The van der Waals surface area contributed by atoms with E-state index in [1.807, 2.05) is 0 Å². The number of hydrogen-bond acceptors (Lipinski definition) is 1. The van der Waals surface area contributed by atoms with Crippen molar-refractivity contribution in [3.63, 3.8) is 0 Å². The Morgan fingerprint density at radius 2 is 2.30 bits per heavy atom. The summed E-state index contributed by atoms with van der Waals surface area (Å²) in [7, 11) is 0. The first-order valence-corrected chi connectivity index (χ1v) is 4.54. The molecule has 0 spiro atoms. The topological polar surface area (TPSA) is 12.0 Å². The van der Waals surface area contributed by atoms with Crippen molar-refractivity contribution < 1.29 is 0 Å². The lowest BCUT2D eigenvalue weighted by molar-refractivity contribution is 0.363. The third-order valence-electron chi connectivity index (χ3n) is 2.89. The number of nitrogens with one attached hydrogen (secondary N) is 1. The molecule has 1 nitrogen and oxygen atoms in total. The summed E-state index contributed by atoms with van der Waals surface area (Å²) < 4.78 is 0. The third kappa shape index (κ3) is 1.34. The molecule has 1 unspecified atom stereocenters. The molecule has 2 rings (SSSR count). The van der Waals surface area contributed by atoms with Crippen LogP contribution in [0.15, 0.2) is 0 Å². The molecule has 0 bridgehead atoms. The van der Waals surface area contributed by atoms with Gasteiger partial charge in [0.15, 0.2) is 0 Å². The second kappa shape index (κ2) is 2.23. The summed E-state index contributed by atoms with van der Waals surface area (Å²) >= 11 is 0. The van der Waals surface area contributed by atoms with Crippen molar-refractivity contribution in [2.24, 2.45) is 5.92 Å². The van der Waals surface area contributed by atoms with E-state index in [1.165, 1.54) is 38.6 Å². The molecule has 58 valence electrons. The maximum Gasteiger partial charge on any atom is 0.0156 e. The van der Waals surface area contributed by atoms with Gasteiger partial charge >= 0.3 is 0 Å². The molecule has 0 amide bonds. The summed E-state index contributed by atoms with van der Waals surface area (Å²) in [6.07, 6.45) is 7.23. The standard InChI is InChI=1S/C9H17N/c1-9(5-2-6-10-9)7-8-3-4-8/h8,10H,2-7H2,1H3. The summed E-state index contributed by atoms with van der Waals surface area (Å²) in [5.41, 5.74) is 0.529. The fourth-order valence-electron chi connectivity index (χ4n) is 2.09. The van der Waals surface area contributed by atoms with Gasteiger partial charge in [0.2, 0.25) is 0 Å². The van der Waals surface area contributed by atoms with Crippen molar-refractivity contribution in [2.75, 3.05) is 6.54 Å². The van der Waals surface area contributed by atoms with Gasteiger partial charge in [0, 0.05) is 5.54 Å². The highest BCUT2D eigenvalue weighted by molar-refractivity contribution is 4.93. The Balaban J connectivity index is 1.86. The van der Waals surface area contributed by atoms with Crippen LogP contribution >= 0.6 is 0 Å². The van der Waals surface area contributed by atoms with Crippen molar-refractivity contribution >= 4 is 0 Å². The molecular weight excluding hydrogens is 122 g/mol. The number of hydrogen-bond donors (Lipinski definition) is 1. The maximum absolute atomic E-state index is 3.60. The second-order valence-corrected chi connectivity index (χ2v) is 4.24. The van der Waals surface area contributed by atoms with Crippen LogP contribution in [-0.4, -0.2) is 12.1 Å². The molecular formula is C9H17N. The Labute approximate surface area is 63.2 Å². The van der Waals surface area contributed by atoms with Crippen molar-refractivity contribution in [2.45, 2.75) is 44.6 Å². The van der Waals surface area contributed by atoms with E-state index in [2.05, 4.69) is 12.2 Å². The molecule has 0 aromatic heterocycles. The molecule has 1 aliphatic heterocycles. The molecule has 1 saturated carbocycles. The molecule has 1 heteroatoms. The summed E-state index contributed by atoms with van der Waals surface area (Å²) in [5.74, 6) is 1.08. The lowest BCUT2D eigenvalue weighted by Gasteiger charge is -2.23. The minimum atomic E-state index is 0.529. The van der Waals surface area contributed by atoms with Gasteiger partial charge in [0.25, 0.3) is 0 Å². The van der Waals surface area contributed by atoms with E-state index >= 15 is 0 Å². The van der Waals surface area contributed by atoms with E-state index in [0.29, 0.717) is 5.54 Å². The minimum Gasteiger partial charge on any atom is -0.312 e. The van der Waals surface area contributed by atoms with Crippen LogP contribution in [0.5, 0.6) is 0 Å². The van der Waals surface area contributed by atoms with Gasteiger partial charge in [-0.1, -0.05) is 12.8 Å². The summed E-state index contributed by atoms with van der Waals surface area (Å²) in [6.45, 7) is 3.64. The average molecular weight is 139 g/mol. The van der Waals surface area contributed by atoms with Gasteiger partial charge < -0.3 is 5.32 Å². The molecule has 1 N–H and O–H groups in total. The quantitative estimate of drug-likeness (QED) is 0.616. The Morgan fingerprint density at radius 1 is 1.50 bits per heavy atom. The zero-order valence-corrected chi connectivity index (χ0v) is 6.82. The second-order valence-electron chi connectivity index (χ2n) is 4.24. The molecule has 0 radical (unpaired) electrons. The van der Waals surface area contributed by atoms with E-state index in [0.717, 1.165) is 5.92 Å². The van der Waals surface area contributed by atoms with Crippen LogP contribution in [0.2, 0.25) is 0 Å². The fraction of sp³-hybridized carbons (Fsp3) is 1.00. The highest BCUT2D eigenvalue weighted by atomic mass is 15.0. The fourth-order valence-corrected chi connectivity index (χ4v) is 2.09. The molecule has 10 heavy (non-hydrogen) atoms. The van der Waals surface area contributed by atoms with Crippen LogP contribution in [0.25, 0.3) is 0 Å². The smallest absolute Gasteiger partial charge is 0.0156 e. The molecule has 1 atom stereocenters. The third-order valence-corrected chi connectivity index (χ3v) is 2.89. The van der Waals surface area contributed by atoms with Gasteiger partial charge in [-0.25, -0.2) is 0 Å². The normalized spacial score (nSPS) is 40.5. The monoisotopic (exact) mass is 139 g/mol. The van der Waals surface area contributed by atoms with Crippen molar-refractivity contribution in [1.82, 2.24) is 5.32 Å². The Morgan fingerprint density at radius 3 is 2.80 bits per heavy atom. The van der Waals surface area contributed by atoms with E-state index in [-0.39, 0.29) is 0 Å². The maximum atomic E-state index is 3.60. The zero-order chi connectivity index (χ0) is 7.03. The van der Waals surface area contributed by atoms with Crippen LogP contribution < -0.4 is 5.32 Å². The molecule has 1 aliphatic carbocycles. The predicted molar refractivity (Wildman–Crippen MR) is 43.0 cm³/mol. The summed E-state index contributed by atoms with van der Waals surface area (Å²) in [5, 5.41) is 3.60. The van der Waals surface area contributed by atoms with Crippen LogP contribution in [0.1, 0.15) is 39.0 Å². The van der Waals surface area contributed by atoms with Gasteiger partial charge in [-0.2, -0.15) is 0 Å². The lowest BCUT2D eigenvalue weighted by atomic mass is 9.93. The lowest BCUT2D eigenvalue weighted by Crippen LogP contribution is -2.36. The van der Waals surface area contributed by atoms with Crippen LogP contribution in [0.4, 0.5) is 0 Å². The average Bonchev–Trinajstić information content (AvgIpc) is 2.56. The highest BCUT2D eigenvalue weighted by Gasteiger charge is 2.34. The Hall–Kier alpha value is -0.0400. The highest BCUT2D eigenvalue weighted by Crippen LogP contribution is 2.39. The molecule has 2 fully saturated rings. The van der Waals surface area contributed by atoms with Gasteiger partial charge in [0.05, 0.1) is 0 Å². The SMILES string of the molecule is CC1(CC2CC2)CCCN1. The Kier molecular flexibility index (Phi) is 1.48. The first kappa shape index (κ1) is 6.66. The summed E-state index contributed by atoms with van der Waals surface area (Å²) in [4.78, 5) is 0.